The van der Waals surface area contributed by atoms with Crippen molar-refractivity contribution in [1.82, 2.24) is 15.5 Å². The van der Waals surface area contributed by atoms with E-state index in [2.05, 4.69) is 10.6 Å². The predicted octanol–water partition coefficient (Wildman–Crippen LogP) is 2.19. The van der Waals surface area contributed by atoms with Gasteiger partial charge >= 0.3 is 0 Å². The van der Waals surface area contributed by atoms with Crippen LogP contribution in [0.25, 0.3) is 0 Å². The highest BCUT2D eigenvalue weighted by molar-refractivity contribution is 5.96. The van der Waals surface area contributed by atoms with Crippen LogP contribution in [0.4, 0.5) is 13.2 Å². The molecular weight excluding hydrogens is 463 g/mol. The first kappa shape index (κ1) is 25.2. The van der Waals surface area contributed by atoms with Gasteiger partial charge in [0.25, 0.3) is 5.91 Å². The van der Waals surface area contributed by atoms with E-state index in [-0.39, 0.29) is 36.3 Å². The van der Waals surface area contributed by atoms with Crippen LogP contribution in [0, 0.1) is 23.6 Å². The van der Waals surface area contributed by atoms with E-state index in [0.717, 1.165) is 31.9 Å². The highest BCUT2D eigenvalue weighted by Gasteiger charge is 2.53. The van der Waals surface area contributed by atoms with Crippen molar-refractivity contribution in [2.75, 3.05) is 19.8 Å². The lowest BCUT2D eigenvalue weighted by atomic mass is 9.91. The molecule has 35 heavy (non-hydrogen) atoms. The predicted molar refractivity (Wildman–Crippen MR) is 120 cm³/mol. The molecule has 190 valence electrons. The van der Waals surface area contributed by atoms with Gasteiger partial charge in [0.1, 0.15) is 18.5 Å². The van der Waals surface area contributed by atoms with Crippen LogP contribution in [0.1, 0.15) is 44.6 Å². The van der Waals surface area contributed by atoms with E-state index < -0.39 is 53.8 Å². The maximum Gasteiger partial charge on any atom is 0.265 e. The normalized spacial score (nSPS) is 28.2. The highest BCUT2D eigenvalue weighted by atomic mass is 19.1. The number of Topliss-reactive ketones (excluding diaryl/α,β-unsaturated/α-hetero) is 1. The summed E-state index contributed by atoms with van der Waals surface area (Å²) in [5.41, 5.74) is -2.73. The molecule has 1 saturated carbocycles. The van der Waals surface area contributed by atoms with Gasteiger partial charge in [-0.15, -0.1) is 0 Å². The Morgan fingerprint density at radius 1 is 1.26 bits per heavy atom. The van der Waals surface area contributed by atoms with Gasteiger partial charge < -0.3 is 15.5 Å². The van der Waals surface area contributed by atoms with E-state index in [0.29, 0.717) is 19.4 Å². The van der Waals surface area contributed by atoms with Crippen molar-refractivity contribution in [2.45, 2.75) is 56.8 Å². The molecule has 7 nitrogen and oxygen atoms in total. The lowest BCUT2D eigenvalue weighted by Gasteiger charge is -2.33. The lowest BCUT2D eigenvalue weighted by molar-refractivity contribution is -0.149. The number of amides is 3. The van der Waals surface area contributed by atoms with Crippen LogP contribution in [-0.2, 0) is 24.8 Å². The highest BCUT2D eigenvalue weighted by Crippen LogP contribution is 2.44. The number of alkyl halides is 2. The molecule has 2 heterocycles. The quantitative estimate of drug-likeness (QED) is 0.581. The molecule has 0 aromatic heterocycles. The summed E-state index contributed by atoms with van der Waals surface area (Å²) in [4.78, 5) is 52.3. The number of hydrogen-bond acceptors (Lipinski definition) is 4. The third-order valence-electron chi connectivity index (χ3n) is 7.71. The Hall–Kier alpha value is -2.91. The van der Waals surface area contributed by atoms with Gasteiger partial charge in [-0.2, -0.15) is 0 Å². The smallest absolute Gasteiger partial charge is 0.265 e. The summed E-state index contributed by atoms with van der Waals surface area (Å²) in [5, 5.41) is 5.22. The minimum Gasteiger partial charge on any atom is -0.356 e. The van der Waals surface area contributed by atoms with Crippen LogP contribution >= 0.6 is 0 Å². The number of ketones is 1. The molecule has 0 bridgehead atoms. The van der Waals surface area contributed by atoms with E-state index in [9.17, 15) is 28.0 Å². The molecule has 3 aliphatic rings. The Morgan fingerprint density at radius 2 is 2.03 bits per heavy atom. The van der Waals surface area contributed by atoms with Crippen molar-refractivity contribution >= 4 is 23.5 Å². The van der Waals surface area contributed by atoms with Gasteiger partial charge in [0.2, 0.25) is 17.5 Å². The summed E-state index contributed by atoms with van der Waals surface area (Å²) in [7, 11) is 0. The zero-order valence-electron chi connectivity index (χ0n) is 19.6. The van der Waals surface area contributed by atoms with Gasteiger partial charge in [0, 0.05) is 24.6 Å². The summed E-state index contributed by atoms with van der Waals surface area (Å²) in [6, 6.07) is 2.46. The van der Waals surface area contributed by atoms with Crippen molar-refractivity contribution in [1.29, 1.82) is 0 Å². The van der Waals surface area contributed by atoms with Gasteiger partial charge in [-0.3, -0.25) is 19.2 Å². The number of likely N-dealkylation sites (tertiary alicyclic amines) is 1. The Morgan fingerprint density at radius 3 is 2.69 bits per heavy atom. The number of carbonyl (C=O) groups excluding carboxylic acids is 4. The summed E-state index contributed by atoms with van der Waals surface area (Å²) in [6.45, 7) is 0.350. The van der Waals surface area contributed by atoms with E-state index in [4.69, 9.17) is 0 Å². The fraction of sp³-hybridized carbons (Fsp3) is 0.600. The molecule has 1 aliphatic carbocycles. The van der Waals surface area contributed by atoms with E-state index in [1.165, 1.54) is 17.0 Å². The third-order valence-corrected chi connectivity index (χ3v) is 7.71. The molecule has 2 aliphatic heterocycles. The van der Waals surface area contributed by atoms with Crippen molar-refractivity contribution in [3.8, 4) is 0 Å². The molecule has 2 N–H and O–H groups in total. The fourth-order valence-electron chi connectivity index (χ4n) is 5.80. The Kier molecular flexibility index (Phi) is 7.19. The molecule has 6 atom stereocenters. The van der Waals surface area contributed by atoms with Crippen LogP contribution in [0.15, 0.2) is 24.3 Å². The largest absolute Gasteiger partial charge is 0.356 e. The monoisotopic (exact) mass is 493 g/mol. The Bertz CT molecular complexity index is 1020. The second kappa shape index (κ2) is 9.99. The molecule has 2 saturated heterocycles. The number of rotatable bonds is 8. The lowest BCUT2D eigenvalue weighted by Crippen LogP contribution is -2.55. The van der Waals surface area contributed by atoms with Crippen LogP contribution in [0.5, 0.6) is 0 Å². The van der Waals surface area contributed by atoms with Gasteiger partial charge in [-0.05, 0) is 56.6 Å². The summed E-state index contributed by atoms with van der Waals surface area (Å²) in [6.07, 6.45) is 2.71. The first-order valence-corrected chi connectivity index (χ1v) is 12.1. The van der Waals surface area contributed by atoms with E-state index >= 15 is 4.39 Å². The van der Waals surface area contributed by atoms with Crippen LogP contribution in [0.3, 0.4) is 0 Å². The zero-order valence-corrected chi connectivity index (χ0v) is 19.6. The molecule has 1 aromatic carbocycles. The van der Waals surface area contributed by atoms with Gasteiger partial charge in [-0.25, -0.2) is 13.2 Å². The molecule has 0 unspecified atom stereocenters. The molecule has 3 amide bonds. The number of halogens is 3. The third kappa shape index (κ3) is 4.92. The maximum absolute atomic E-state index is 15.8. The molecule has 1 aromatic rings. The second-order valence-electron chi connectivity index (χ2n) is 9.94. The van der Waals surface area contributed by atoms with E-state index in [1.807, 2.05) is 0 Å². The topological polar surface area (TPSA) is 95.6 Å². The maximum atomic E-state index is 15.8. The number of nitrogens with zero attached hydrogens (tertiary/aromatic N) is 1. The number of carbonyl (C=O) groups is 4. The molecule has 0 spiro atoms. The van der Waals surface area contributed by atoms with Crippen LogP contribution < -0.4 is 10.6 Å². The molecule has 0 radical (unpaired) electrons. The number of benzene rings is 1. The molecule has 4 rings (SSSR count). The van der Waals surface area contributed by atoms with Crippen LogP contribution in [0.2, 0.25) is 0 Å². The number of hydrogen-bond donors (Lipinski definition) is 2. The molecule has 3 fully saturated rings. The van der Waals surface area contributed by atoms with Crippen molar-refractivity contribution in [3.05, 3.63) is 35.6 Å². The van der Waals surface area contributed by atoms with Crippen molar-refractivity contribution in [3.63, 3.8) is 0 Å². The summed E-state index contributed by atoms with van der Waals surface area (Å²) >= 11 is 0. The summed E-state index contributed by atoms with van der Waals surface area (Å²) in [5.74, 6) is -4.17. The fourth-order valence-corrected chi connectivity index (χ4v) is 5.80. The standard InChI is InChI=1S/C25H30F3N3O4/c1-25(28,16-5-3-6-17(27)11-16)24(35)31-13-15-4-2-7-18(15)21(31)23(34)30-19(20(32)12-26)10-14-8-9-29-22(14)33/h3,5-6,11,14-15,18-19,21H,2,4,7-10,12-13H2,1H3,(H,29,33)(H,30,34)/t14-,15+,18+,19-,21+,25+/m0/s1. The first-order chi connectivity index (χ1) is 16.6. The second-order valence-corrected chi connectivity index (χ2v) is 9.94. The minimum absolute atomic E-state index is 0.00561. The number of fused-ring (bicyclic) bond motifs is 1. The average Bonchev–Trinajstić information content (AvgIpc) is 3.53. The summed E-state index contributed by atoms with van der Waals surface area (Å²) < 4.78 is 42.8. The Labute approximate surface area is 201 Å². The minimum atomic E-state index is -2.57. The van der Waals surface area contributed by atoms with Crippen molar-refractivity contribution < 1.29 is 32.3 Å². The van der Waals surface area contributed by atoms with Gasteiger partial charge in [0.05, 0.1) is 6.04 Å². The molecular formula is C25H30F3N3O4. The number of nitrogens with one attached hydrogen (secondary N) is 2. The Balaban J connectivity index is 1.57. The first-order valence-electron chi connectivity index (χ1n) is 12.1. The van der Waals surface area contributed by atoms with Gasteiger partial charge in [-0.1, -0.05) is 18.6 Å². The molecule has 10 heteroatoms. The average molecular weight is 494 g/mol. The van der Waals surface area contributed by atoms with E-state index in [1.54, 1.807) is 0 Å². The van der Waals surface area contributed by atoms with Crippen LogP contribution in [-0.4, -0.2) is 60.3 Å². The SMILES string of the molecule is C[C@](F)(C(=O)N1C[C@H]2CCC[C@H]2[C@@H]1C(=O)N[C@@H](C[C@@H]1CCNC1=O)C(=O)CF)c1cccc(F)c1. The van der Waals surface area contributed by atoms with Gasteiger partial charge in [0.15, 0.2) is 5.78 Å². The van der Waals surface area contributed by atoms with Crippen molar-refractivity contribution in [2.24, 2.45) is 17.8 Å². The zero-order chi connectivity index (χ0) is 25.3.